The van der Waals surface area contributed by atoms with Gasteiger partial charge in [0.05, 0.1) is 6.61 Å². The largest absolute Gasteiger partial charge is 0.463 e. The van der Waals surface area contributed by atoms with Gasteiger partial charge in [-0.25, -0.2) is 0 Å². The number of unbranched alkanes of at least 4 members (excludes halogenated alkanes) is 1. The molecule has 0 fully saturated rings. The third-order valence-corrected chi connectivity index (χ3v) is 9.56. The smallest absolute Gasteiger partial charge is 0.207 e. The van der Waals surface area contributed by atoms with Crippen LogP contribution in [0.1, 0.15) is 65.9 Å². The molecule has 138 valence electrons. The van der Waals surface area contributed by atoms with Gasteiger partial charge in [0.15, 0.2) is 8.32 Å². The zero-order chi connectivity index (χ0) is 18.4. The van der Waals surface area contributed by atoms with Crippen LogP contribution < -0.4 is 4.74 Å². The minimum atomic E-state index is -1.77. The summed E-state index contributed by atoms with van der Waals surface area (Å²) in [4.78, 5) is 0. The van der Waals surface area contributed by atoms with E-state index in [0.29, 0.717) is 25.2 Å². The van der Waals surface area contributed by atoms with Gasteiger partial charge >= 0.3 is 0 Å². The summed E-state index contributed by atoms with van der Waals surface area (Å²) < 4.78 is 12.2. The first-order chi connectivity index (χ1) is 11.0. The van der Waals surface area contributed by atoms with Crippen LogP contribution in [0, 0.1) is 0 Å². The van der Waals surface area contributed by atoms with Crippen molar-refractivity contribution in [2.24, 2.45) is 0 Å². The van der Waals surface area contributed by atoms with Gasteiger partial charge in [-0.15, -0.1) is 0 Å². The summed E-state index contributed by atoms with van der Waals surface area (Å²) in [6, 6.07) is 7.91. The minimum Gasteiger partial charge on any atom is -0.463 e. The van der Waals surface area contributed by atoms with Crippen molar-refractivity contribution in [3.63, 3.8) is 0 Å². The molecule has 4 heteroatoms. The lowest BCUT2D eigenvalue weighted by Crippen LogP contribution is -2.40. The van der Waals surface area contributed by atoms with Gasteiger partial charge in [0.2, 0.25) is 5.79 Å². The van der Waals surface area contributed by atoms with Crippen LogP contribution in [0.25, 0.3) is 0 Å². The molecule has 0 amide bonds. The second kappa shape index (κ2) is 8.50. The number of rotatable bonds is 9. The number of ether oxygens (including phenoxy) is 1. The van der Waals surface area contributed by atoms with Crippen molar-refractivity contribution in [2.45, 2.75) is 90.8 Å². The molecule has 0 aliphatic carbocycles. The average molecular weight is 353 g/mol. The molecule has 0 aromatic heterocycles. The van der Waals surface area contributed by atoms with E-state index in [9.17, 15) is 5.11 Å². The Morgan fingerprint density at radius 3 is 2.33 bits per heavy atom. The molecule has 0 radical (unpaired) electrons. The quantitative estimate of drug-likeness (QED) is 0.446. The van der Waals surface area contributed by atoms with Crippen molar-refractivity contribution in [3.8, 4) is 5.75 Å². The topological polar surface area (TPSA) is 38.7 Å². The maximum absolute atomic E-state index is 10.6. The SMILES string of the molecule is CCCCC(O)(CC)Oc1cccc(CO[Si](C)(C)C(C)(C)C)c1. The van der Waals surface area contributed by atoms with E-state index in [-0.39, 0.29) is 5.04 Å². The molecule has 0 spiro atoms. The molecular weight excluding hydrogens is 316 g/mol. The van der Waals surface area contributed by atoms with Crippen molar-refractivity contribution in [1.82, 2.24) is 0 Å². The molecule has 1 aromatic carbocycles. The second-order valence-corrected chi connectivity index (χ2v) is 13.0. The van der Waals surface area contributed by atoms with E-state index in [1.807, 2.05) is 25.1 Å². The molecule has 1 atom stereocenters. The predicted octanol–water partition coefficient (Wildman–Crippen LogP) is 5.88. The lowest BCUT2D eigenvalue weighted by Gasteiger charge is -2.36. The first kappa shape index (κ1) is 21.2. The number of hydrogen-bond donors (Lipinski definition) is 1. The van der Waals surface area contributed by atoms with Crippen LogP contribution in [0.3, 0.4) is 0 Å². The summed E-state index contributed by atoms with van der Waals surface area (Å²) in [6.07, 6.45) is 3.24. The molecule has 1 unspecified atom stereocenters. The first-order valence-corrected chi connectivity index (χ1v) is 12.1. The number of aliphatic hydroxyl groups is 1. The van der Waals surface area contributed by atoms with Crippen molar-refractivity contribution in [1.29, 1.82) is 0 Å². The maximum atomic E-state index is 10.6. The zero-order valence-corrected chi connectivity index (χ0v) is 17.6. The molecule has 0 bridgehead atoms. The highest BCUT2D eigenvalue weighted by Crippen LogP contribution is 2.37. The Balaban J connectivity index is 2.76. The summed E-state index contributed by atoms with van der Waals surface area (Å²) in [7, 11) is -1.77. The monoisotopic (exact) mass is 352 g/mol. The Kier molecular flexibility index (Phi) is 7.51. The molecule has 0 heterocycles. The van der Waals surface area contributed by atoms with Gasteiger partial charge in [0.25, 0.3) is 0 Å². The van der Waals surface area contributed by atoms with Gasteiger partial charge in [-0.3, -0.25) is 0 Å². The molecule has 0 aliphatic heterocycles. The van der Waals surface area contributed by atoms with Crippen LogP contribution in [0.15, 0.2) is 24.3 Å². The summed E-state index contributed by atoms with van der Waals surface area (Å²) in [5.41, 5.74) is 1.09. The standard InChI is InChI=1S/C20H36O3Si/c1-8-10-14-20(21,9-2)23-18-13-11-12-17(15-18)16-22-24(6,7)19(3,4)5/h11-13,15,21H,8-10,14,16H2,1-7H3. The molecule has 1 rings (SSSR count). The van der Waals surface area contributed by atoms with E-state index in [2.05, 4.69) is 46.9 Å². The third kappa shape index (κ3) is 6.23. The van der Waals surface area contributed by atoms with E-state index in [1.54, 1.807) is 0 Å². The van der Waals surface area contributed by atoms with Crippen LogP contribution in [-0.2, 0) is 11.0 Å². The van der Waals surface area contributed by atoms with E-state index in [4.69, 9.17) is 9.16 Å². The van der Waals surface area contributed by atoms with Crippen LogP contribution >= 0.6 is 0 Å². The van der Waals surface area contributed by atoms with Crippen molar-refractivity contribution >= 4 is 8.32 Å². The van der Waals surface area contributed by atoms with Crippen LogP contribution in [-0.4, -0.2) is 19.2 Å². The minimum absolute atomic E-state index is 0.198. The highest BCUT2D eigenvalue weighted by molar-refractivity contribution is 6.74. The van der Waals surface area contributed by atoms with Crippen molar-refractivity contribution in [2.75, 3.05) is 0 Å². The van der Waals surface area contributed by atoms with Gasteiger partial charge in [-0.1, -0.05) is 53.2 Å². The van der Waals surface area contributed by atoms with Crippen molar-refractivity contribution in [3.05, 3.63) is 29.8 Å². The fourth-order valence-electron chi connectivity index (χ4n) is 2.15. The molecule has 0 aliphatic rings. The van der Waals surface area contributed by atoms with Gasteiger partial charge in [-0.05, 0) is 42.2 Å². The number of hydrogen-bond acceptors (Lipinski definition) is 3. The van der Waals surface area contributed by atoms with Gasteiger partial charge < -0.3 is 14.3 Å². The first-order valence-electron chi connectivity index (χ1n) is 9.17. The molecular formula is C20H36O3Si. The van der Waals surface area contributed by atoms with E-state index < -0.39 is 14.1 Å². The molecule has 0 saturated heterocycles. The fourth-order valence-corrected chi connectivity index (χ4v) is 3.11. The highest BCUT2D eigenvalue weighted by Gasteiger charge is 2.37. The summed E-state index contributed by atoms with van der Waals surface area (Å²) in [6.45, 7) is 15.9. The Hall–Kier alpha value is -0.843. The maximum Gasteiger partial charge on any atom is 0.207 e. The van der Waals surface area contributed by atoms with Crippen LogP contribution in [0.5, 0.6) is 5.75 Å². The Labute approximate surface area is 149 Å². The summed E-state index contributed by atoms with van der Waals surface area (Å²) >= 11 is 0. The molecule has 1 aromatic rings. The van der Waals surface area contributed by atoms with Gasteiger partial charge in [-0.2, -0.15) is 0 Å². The van der Waals surface area contributed by atoms with E-state index in [0.717, 1.165) is 18.4 Å². The lowest BCUT2D eigenvalue weighted by molar-refractivity contribution is -0.145. The summed E-state index contributed by atoms with van der Waals surface area (Å²) in [5.74, 6) is -0.360. The van der Waals surface area contributed by atoms with Crippen LogP contribution in [0.4, 0.5) is 0 Å². The lowest BCUT2D eigenvalue weighted by atomic mass is 10.1. The van der Waals surface area contributed by atoms with E-state index >= 15 is 0 Å². The van der Waals surface area contributed by atoms with Gasteiger partial charge in [0, 0.05) is 12.8 Å². The summed E-state index contributed by atoms with van der Waals surface area (Å²) in [5, 5.41) is 10.8. The Bertz CT molecular complexity index is 508. The molecule has 0 saturated carbocycles. The second-order valence-electron chi connectivity index (χ2n) is 8.20. The Morgan fingerprint density at radius 1 is 1.12 bits per heavy atom. The van der Waals surface area contributed by atoms with Gasteiger partial charge in [0.1, 0.15) is 5.75 Å². The molecule has 24 heavy (non-hydrogen) atoms. The Morgan fingerprint density at radius 2 is 1.79 bits per heavy atom. The fraction of sp³-hybridized carbons (Fsp3) is 0.700. The van der Waals surface area contributed by atoms with Crippen LogP contribution in [0.2, 0.25) is 18.1 Å². The average Bonchev–Trinajstić information content (AvgIpc) is 2.50. The number of benzene rings is 1. The normalized spacial score (nSPS) is 15.2. The molecule has 1 N–H and O–H groups in total. The molecule has 3 nitrogen and oxygen atoms in total. The van der Waals surface area contributed by atoms with Crippen molar-refractivity contribution < 1.29 is 14.3 Å². The zero-order valence-electron chi connectivity index (χ0n) is 16.6. The van der Waals surface area contributed by atoms with E-state index in [1.165, 1.54) is 0 Å². The predicted molar refractivity (Wildman–Crippen MR) is 104 cm³/mol. The highest BCUT2D eigenvalue weighted by atomic mass is 28.4. The third-order valence-electron chi connectivity index (χ3n) is 5.09.